The number of H-pyrrole nitrogens is 1. The first-order chi connectivity index (χ1) is 10.5. The van der Waals surface area contributed by atoms with Gasteiger partial charge in [-0.1, -0.05) is 11.8 Å². The van der Waals surface area contributed by atoms with E-state index in [0.29, 0.717) is 16.3 Å². The molecule has 0 amide bonds. The number of hydrogen-bond acceptors (Lipinski definition) is 10. The Kier molecular flexibility index (Phi) is 4.16. The van der Waals surface area contributed by atoms with Crippen LogP contribution in [0.3, 0.4) is 0 Å². The maximum atomic E-state index is 9.98. The Balaban J connectivity index is 1.82. The molecule has 1 saturated heterocycles. The Morgan fingerprint density at radius 3 is 2.68 bits per heavy atom. The predicted molar refractivity (Wildman–Crippen MR) is 75.7 cm³/mol. The van der Waals surface area contributed by atoms with Crippen LogP contribution in [0.5, 0.6) is 0 Å². The number of aliphatic hydroxyl groups excluding tert-OH is 4. The molecule has 120 valence electrons. The third-order valence-corrected chi connectivity index (χ3v) is 4.41. The number of aromatic amines is 1. The maximum Gasteiger partial charge on any atom is 0.183 e. The maximum absolute atomic E-state index is 9.98. The van der Waals surface area contributed by atoms with Gasteiger partial charge in [-0.3, -0.25) is 0 Å². The van der Waals surface area contributed by atoms with Crippen molar-refractivity contribution >= 4 is 28.7 Å². The predicted octanol–water partition coefficient (Wildman–Crippen LogP) is -2.17. The van der Waals surface area contributed by atoms with Gasteiger partial charge in [0.1, 0.15) is 41.7 Å². The molecular weight excluding hydrogens is 314 g/mol. The second-order valence-electron chi connectivity index (χ2n) is 4.81. The lowest BCUT2D eigenvalue weighted by Crippen LogP contribution is -2.57. The summed E-state index contributed by atoms with van der Waals surface area (Å²) in [5.74, 6) is 0.234. The number of nitrogens with one attached hydrogen (secondary N) is 1. The zero-order valence-corrected chi connectivity index (χ0v) is 12.0. The largest absolute Gasteiger partial charge is 0.394 e. The molecule has 1 aliphatic heterocycles. The molecule has 0 aromatic carbocycles. The molecule has 1 fully saturated rings. The Bertz CT molecular complexity index is 667. The zero-order valence-electron chi connectivity index (χ0n) is 11.2. The van der Waals surface area contributed by atoms with Gasteiger partial charge in [0.2, 0.25) is 0 Å². The first kappa shape index (κ1) is 15.4. The fraction of sp³-hybridized carbons (Fsp3) is 0.545. The van der Waals surface area contributed by atoms with E-state index in [1.165, 1.54) is 6.33 Å². The van der Waals surface area contributed by atoms with E-state index in [2.05, 4.69) is 19.9 Å². The summed E-state index contributed by atoms with van der Waals surface area (Å²) >= 11 is 0.988. The van der Waals surface area contributed by atoms with Crippen molar-refractivity contribution in [2.45, 2.75) is 35.0 Å². The molecule has 0 aliphatic carbocycles. The molecule has 0 spiro atoms. The number of thioether (sulfide) groups is 1. The van der Waals surface area contributed by atoms with Crippen molar-refractivity contribution in [3.63, 3.8) is 0 Å². The number of nitrogens with two attached hydrogens (primary N) is 1. The van der Waals surface area contributed by atoms with E-state index in [4.69, 9.17) is 15.6 Å². The molecule has 22 heavy (non-hydrogen) atoms. The molecule has 10 nitrogen and oxygen atoms in total. The Morgan fingerprint density at radius 1 is 1.23 bits per heavy atom. The van der Waals surface area contributed by atoms with Crippen LogP contribution in [-0.2, 0) is 4.74 Å². The summed E-state index contributed by atoms with van der Waals surface area (Å²) < 4.78 is 5.39. The summed E-state index contributed by atoms with van der Waals surface area (Å²) in [5.41, 5.74) is 5.58. The number of aromatic nitrogens is 4. The second-order valence-corrected chi connectivity index (χ2v) is 5.90. The van der Waals surface area contributed by atoms with E-state index in [1.54, 1.807) is 0 Å². The minimum atomic E-state index is -1.43. The molecular formula is C11H15N5O5S. The Hall–Kier alpha value is -1.50. The van der Waals surface area contributed by atoms with Crippen molar-refractivity contribution < 1.29 is 25.2 Å². The normalized spacial score (nSPS) is 32.5. The highest BCUT2D eigenvalue weighted by atomic mass is 32.2. The number of ether oxygens (including phenoxy) is 1. The Labute approximate surface area is 128 Å². The lowest BCUT2D eigenvalue weighted by molar-refractivity contribution is -0.205. The first-order valence-electron chi connectivity index (χ1n) is 6.44. The smallest absolute Gasteiger partial charge is 0.183 e. The zero-order chi connectivity index (χ0) is 15.9. The Morgan fingerprint density at radius 2 is 2.00 bits per heavy atom. The minimum Gasteiger partial charge on any atom is -0.394 e. The molecule has 5 atom stereocenters. The van der Waals surface area contributed by atoms with Gasteiger partial charge in [-0.25, -0.2) is 15.0 Å². The molecule has 3 heterocycles. The molecule has 0 unspecified atom stereocenters. The summed E-state index contributed by atoms with van der Waals surface area (Å²) in [6.07, 6.45) is -3.86. The molecule has 3 rings (SSSR count). The highest BCUT2D eigenvalue weighted by molar-refractivity contribution is 7.99. The van der Waals surface area contributed by atoms with Crippen LogP contribution in [-0.4, -0.2) is 76.8 Å². The van der Waals surface area contributed by atoms with Gasteiger partial charge in [0, 0.05) is 0 Å². The minimum absolute atomic E-state index is 0.234. The average molecular weight is 329 g/mol. The number of anilines is 1. The summed E-state index contributed by atoms with van der Waals surface area (Å²) in [5, 5.41) is 39.0. The van der Waals surface area contributed by atoms with E-state index < -0.39 is 36.5 Å². The summed E-state index contributed by atoms with van der Waals surface area (Å²) in [7, 11) is 0. The van der Waals surface area contributed by atoms with E-state index in [0.717, 1.165) is 11.8 Å². The topological polar surface area (TPSA) is 171 Å². The number of fused-ring (bicyclic) bond motifs is 1. The number of imidazole rings is 1. The summed E-state index contributed by atoms with van der Waals surface area (Å²) in [6.45, 7) is -0.486. The number of hydrogen-bond donors (Lipinski definition) is 6. The molecule has 7 N–H and O–H groups in total. The fourth-order valence-electron chi connectivity index (χ4n) is 2.16. The van der Waals surface area contributed by atoms with Gasteiger partial charge in [-0.2, -0.15) is 0 Å². The fourth-order valence-corrected chi connectivity index (χ4v) is 3.17. The third-order valence-electron chi connectivity index (χ3n) is 3.37. The van der Waals surface area contributed by atoms with E-state index >= 15 is 0 Å². The molecule has 11 heteroatoms. The molecule has 1 aliphatic rings. The SMILES string of the molecule is Nc1ncnc2nc(S[C@@H]3O[C@H](CO)[C@@H](O)[C@H](O)[C@H]3O)[nH]c12. The second kappa shape index (κ2) is 5.95. The molecule has 0 saturated carbocycles. The van der Waals surface area contributed by atoms with Crippen molar-refractivity contribution in [1.82, 2.24) is 19.9 Å². The highest BCUT2D eigenvalue weighted by Gasteiger charge is 2.44. The summed E-state index contributed by atoms with van der Waals surface area (Å²) in [4.78, 5) is 14.9. The van der Waals surface area contributed by atoms with Gasteiger partial charge >= 0.3 is 0 Å². The molecule has 0 bridgehead atoms. The van der Waals surface area contributed by atoms with E-state index in [-0.39, 0.29) is 5.82 Å². The van der Waals surface area contributed by atoms with Crippen LogP contribution in [0.15, 0.2) is 11.5 Å². The van der Waals surface area contributed by atoms with Crippen molar-refractivity contribution in [3.05, 3.63) is 6.33 Å². The van der Waals surface area contributed by atoms with E-state index in [1.807, 2.05) is 0 Å². The van der Waals surface area contributed by atoms with Gasteiger partial charge in [0.05, 0.1) is 6.61 Å². The number of nitrogen functional groups attached to an aromatic ring is 1. The third kappa shape index (κ3) is 2.62. The molecule has 0 radical (unpaired) electrons. The van der Waals surface area contributed by atoms with Gasteiger partial charge < -0.3 is 35.9 Å². The van der Waals surface area contributed by atoms with Crippen molar-refractivity contribution in [2.75, 3.05) is 12.3 Å². The molecule has 2 aromatic heterocycles. The highest BCUT2D eigenvalue weighted by Crippen LogP contribution is 2.33. The monoisotopic (exact) mass is 329 g/mol. The van der Waals surface area contributed by atoms with Crippen LogP contribution in [0.4, 0.5) is 5.82 Å². The van der Waals surface area contributed by atoms with Gasteiger partial charge in [0.25, 0.3) is 0 Å². The van der Waals surface area contributed by atoms with E-state index in [9.17, 15) is 15.3 Å². The average Bonchev–Trinajstić information content (AvgIpc) is 2.92. The van der Waals surface area contributed by atoms with Crippen LogP contribution in [0.2, 0.25) is 0 Å². The quantitative estimate of drug-likeness (QED) is 0.364. The van der Waals surface area contributed by atoms with Crippen LogP contribution in [0, 0.1) is 0 Å². The van der Waals surface area contributed by atoms with Crippen molar-refractivity contribution in [1.29, 1.82) is 0 Å². The first-order valence-corrected chi connectivity index (χ1v) is 7.32. The standard InChI is InChI=1S/C11H15N5O5S/c12-8-4-9(14-2-13-8)16-11(15-4)22-10-7(20)6(19)5(18)3(1-17)21-10/h2-3,5-7,10,17-20H,1H2,(H3,12,13,14,15,16)/t3-,5-,6+,7-,10+/m1/s1. The van der Waals surface area contributed by atoms with Crippen LogP contribution in [0.1, 0.15) is 0 Å². The van der Waals surface area contributed by atoms with Gasteiger partial charge in [-0.05, 0) is 0 Å². The number of rotatable bonds is 3. The van der Waals surface area contributed by atoms with Gasteiger partial charge in [0.15, 0.2) is 16.6 Å². The number of aliphatic hydroxyl groups is 4. The van der Waals surface area contributed by atoms with Crippen LogP contribution >= 0.6 is 11.8 Å². The lowest BCUT2D eigenvalue weighted by Gasteiger charge is -2.39. The van der Waals surface area contributed by atoms with Crippen molar-refractivity contribution in [2.24, 2.45) is 0 Å². The van der Waals surface area contributed by atoms with Crippen LogP contribution < -0.4 is 5.73 Å². The number of nitrogens with zero attached hydrogens (tertiary/aromatic N) is 3. The lowest BCUT2D eigenvalue weighted by atomic mass is 10.0. The van der Waals surface area contributed by atoms with Crippen LogP contribution in [0.25, 0.3) is 11.2 Å². The van der Waals surface area contributed by atoms with Gasteiger partial charge in [-0.15, -0.1) is 0 Å². The summed E-state index contributed by atoms with van der Waals surface area (Å²) in [6, 6.07) is 0. The molecule has 2 aromatic rings. The van der Waals surface area contributed by atoms with Crippen molar-refractivity contribution in [3.8, 4) is 0 Å².